The number of nitrogens with two attached hydrogens (primary N) is 1. The molecule has 1 aromatic carbocycles. The normalized spacial score (nSPS) is 17.7. The molecule has 0 bridgehead atoms. The van der Waals surface area contributed by atoms with Crippen LogP contribution >= 0.6 is 0 Å². The number of phenolic OH excluding ortho intramolecular Hbond substituents is 1. The van der Waals surface area contributed by atoms with Crippen molar-refractivity contribution in [2.75, 3.05) is 6.54 Å². The summed E-state index contributed by atoms with van der Waals surface area (Å²) in [4.78, 5) is 66.9. The van der Waals surface area contributed by atoms with Crippen LogP contribution in [0.4, 0.5) is 0 Å². The third-order valence-corrected chi connectivity index (χ3v) is 7.55. The molecule has 7 N–H and O–H groups in total. The van der Waals surface area contributed by atoms with Crippen LogP contribution in [0.1, 0.15) is 79.2 Å². The van der Waals surface area contributed by atoms with E-state index >= 15 is 0 Å². The summed E-state index contributed by atoms with van der Waals surface area (Å²) in [7, 11) is 0. The first-order chi connectivity index (χ1) is 20.6. The van der Waals surface area contributed by atoms with Gasteiger partial charge in [0.15, 0.2) is 0 Å². The van der Waals surface area contributed by atoms with E-state index in [9.17, 15) is 34.2 Å². The molecule has 5 atom stereocenters. The lowest BCUT2D eigenvalue weighted by molar-refractivity contribution is -0.144. The van der Waals surface area contributed by atoms with Crippen molar-refractivity contribution in [1.82, 2.24) is 20.9 Å². The quantitative estimate of drug-likeness (QED) is 0.162. The Bertz CT molecular complexity index is 1140. The third-order valence-electron chi connectivity index (χ3n) is 7.55. The average Bonchev–Trinajstić information content (AvgIpc) is 3.42. The van der Waals surface area contributed by atoms with Gasteiger partial charge in [-0.2, -0.15) is 0 Å². The van der Waals surface area contributed by atoms with E-state index in [-0.39, 0.29) is 49.3 Å². The van der Waals surface area contributed by atoms with Gasteiger partial charge in [0, 0.05) is 13.0 Å². The van der Waals surface area contributed by atoms with Crippen LogP contribution in [0.25, 0.3) is 0 Å². The second-order valence-electron chi connectivity index (χ2n) is 13.1. The summed E-state index contributed by atoms with van der Waals surface area (Å²) >= 11 is 0. The van der Waals surface area contributed by atoms with Gasteiger partial charge < -0.3 is 36.8 Å². The van der Waals surface area contributed by atoms with E-state index in [1.165, 1.54) is 17.0 Å². The minimum Gasteiger partial charge on any atom is -0.508 e. The van der Waals surface area contributed by atoms with Gasteiger partial charge in [-0.15, -0.1) is 0 Å². The molecule has 12 heteroatoms. The number of carbonyl (C=O) groups excluding carboxylic acids is 4. The van der Waals surface area contributed by atoms with Crippen molar-refractivity contribution in [3.05, 3.63) is 29.8 Å². The molecule has 0 spiro atoms. The molecule has 1 aliphatic heterocycles. The van der Waals surface area contributed by atoms with E-state index in [1.54, 1.807) is 12.1 Å². The van der Waals surface area contributed by atoms with E-state index in [0.717, 1.165) is 0 Å². The SMILES string of the molecule is CC(C)C[C@H](NC(=O)[C@H](CC(C)C)NC(=O)[C@@H]1CCCN1C(=O)[C@H](Cc1ccc(O)cc1)NC(=O)[C@@H](N)CC(C)C)C(=O)O. The number of likely N-dealkylation sites (tertiary alicyclic amines) is 1. The summed E-state index contributed by atoms with van der Waals surface area (Å²) < 4.78 is 0. The molecule has 0 aromatic heterocycles. The number of phenols is 1. The molecule has 1 fully saturated rings. The number of carboxylic acids is 1. The summed E-state index contributed by atoms with van der Waals surface area (Å²) in [6.45, 7) is 11.7. The largest absolute Gasteiger partial charge is 0.508 e. The molecule has 0 saturated carbocycles. The molecular weight excluding hydrogens is 566 g/mol. The molecule has 12 nitrogen and oxygen atoms in total. The zero-order chi connectivity index (χ0) is 33.1. The Hall–Kier alpha value is -3.67. The molecule has 2 rings (SSSR count). The van der Waals surface area contributed by atoms with Gasteiger partial charge >= 0.3 is 5.97 Å². The van der Waals surface area contributed by atoms with Crippen LogP contribution in [0.15, 0.2) is 24.3 Å². The third kappa shape index (κ3) is 11.4. The molecule has 1 saturated heterocycles. The summed E-state index contributed by atoms with van der Waals surface area (Å²) in [6, 6.07) is 1.51. The topological polar surface area (TPSA) is 191 Å². The van der Waals surface area contributed by atoms with Crippen molar-refractivity contribution >= 4 is 29.6 Å². The second kappa shape index (κ2) is 17.0. The summed E-state index contributed by atoms with van der Waals surface area (Å²) in [5.74, 6) is -2.90. The van der Waals surface area contributed by atoms with E-state index < -0.39 is 59.8 Å². The second-order valence-corrected chi connectivity index (χ2v) is 13.1. The van der Waals surface area contributed by atoms with E-state index in [2.05, 4.69) is 16.0 Å². The lowest BCUT2D eigenvalue weighted by atomic mass is 10.00. The van der Waals surface area contributed by atoms with Crippen molar-refractivity contribution in [3.63, 3.8) is 0 Å². The molecule has 0 unspecified atom stereocenters. The van der Waals surface area contributed by atoms with Crippen molar-refractivity contribution in [1.29, 1.82) is 0 Å². The van der Waals surface area contributed by atoms with Crippen molar-refractivity contribution in [2.45, 2.75) is 110 Å². The van der Waals surface area contributed by atoms with Crippen LogP contribution in [0.5, 0.6) is 5.75 Å². The van der Waals surface area contributed by atoms with Gasteiger partial charge in [0.05, 0.1) is 6.04 Å². The molecule has 44 heavy (non-hydrogen) atoms. The first-order valence-corrected chi connectivity index (χ1v) is 15.6. The van der Waals surface area contributed by atoms with Gasteiger partial charge in [-0.25, -0.2) is 4.79 Å². The highest BCUT2D eigenvalue weighted by molar-refractivity contribution is 5.96. The number of hydrogen-bond donors (Lipinski definition) is 6. The Morgan fingerprint density at radius 2 is 1.36 bits per heavy atom. The van der Waals surface area contributed by atoms with Gasteiger partial charge in [-0.05, 0) is 67.6 Å². The Labute approximate surface area is 260 Å². The van der Waals surface area contributed by atoms with Crippen LogP contribution in [-0.2, 0) is 30.4 Å². The van der Waals surface area contributed by atoms with Gasteiger partial charge in [0.25, 0.3) is 0 Å². The number of amides is 4. The molecule has 0 radical (unpaired) electrons. The maximum Gasteiger partial charge on any atom is 0.326 e. The number of hydrogen-bond acceptors (Lipinski definition) is 7. The highest BCUT2D eigenvalue weighted by Gasteiger charge is 2.39. The standard InChI is InChI=1S/C32H51N5O7/c1-18(2)14-23(33)28(39)35-25(17-21-9-11-22(38)12-10-21)31(42)37-13-7-8-27(37)30(41)34-24(15-19(3)4)29(40)36-26(32(43)44)16-20(5)6/h9-12,18-20,23-27,38H,7-8,13-17,33H2,1-6H3,(H,34,41)(H,35,39)(H,36,40)(H,43,44)/t23-,24-,25-,26-,27-/m0/s1. The molecule has 1 aliphatic rings. The smallest absolute Gasteiger partial charge is 0.326 e. The van der Waals surface area contributed by atoms with Crippen LogP contribution in [0, 0.1) is 17.8 Å². The number of benzene rings is 1. The Morgan fingerprint density at radius 3 is 1.91 bits per heavy atom. The van der Waals surface area contributed by atoms with Crippen molar-refractivity contribution in [3.8, 4) is 5.75 Å². The van der Waals surface area contributed by atoms with Crippen LogP contribution in [-0.4, -0.2) is 81.5 Å². The Kier molecular flexibility index (Phi) is 14.1. The van der Waals surface area contributed by atoms with Crippen LogP contribution in [0.2, 0.25) is 0 Å². The zero-order valence-electron chi connectivity index (χ0n) is 26.8. The number of carbonyl (C=O) groups is 5. The summed E-state index contributed by atoms with van der Waals surface area (Å²) in [5.41, 5.74) is 6.80. The van der Waals surface area contributed by atoms with Crippen molar-refractivity contribution in [2.24, 2.45) is 23.5 Å². The van der Waals surface area contributed by atoms with Gasteiger partial charge in [-0.3, -0.25) is 19.2 Å². The predicted octanol–water partition coefficient (Wildman–Crippen LogP) is 1.93. The molecule has 4 amide bonds. The fraction of sp³-hybridized carbons (Fsp3) is 0.656. The minimum atomic E-state index is -1.15. The first kappa shape index (κ1) is 36.5. The fourth-order valence-corrected chi connectivity index (χ4v) is 5.40. The number of nitrogens with zero attached hydrogens (tertiary/aromatic N) is 1. The fourth-order valence-electron chi connectivity index (χ4n) is 5.40. The van der Waals surface area contributed by atoms with Crippen LogP contribution < -0.4 is 21.7 Å². The Morgan fingerprint density at radius 1 is 0.818 bits per heavy atom. The van der Waals surface area contributed by atoms with Gasteiger partial charge in [-0.1, -0.05) is 53.7 Å². The zero-order valence-corrected chi connectivity index (χ0v) is 26.8. The number of rotatable bonds is 16. The van der Waals surface area contributed by atoms with Crippen molar-refractivity contribution < 1.29 is 34.2 Å². The molecule has 0 aliphatic carbocycles. The lowest BCUT2D eigenvalue weighted by Crippen LogP contribution is -2.58. The first-order valence-electron chi connectivity index (χ1n) is 15.6. The minimum absolute atomic E-state index is 0.0145. The summed E-state index contributed by atoms with van der Waals surface area (Å²) in [5, 5.41) is 27.4. The maximum absolute atomic E-state index is 13.9. The molecule has 1 heterocycles. The number of aromatic hydroxyl groups is 1. The Balaban J connectivity index is 2.26. The van der Waals surface area contributed by atoms with E-state index in [4.69, 9.17) is 5.73 Å². The predicted molar refractivity (Wildman–Crippen MR) is 166 cm³/mol. The number of aliphatic carboxylic acids is 1. The van der Waals surface area contributed by atoms with Gasteiger partial charge in [0.2, 0.25) is 23.6 Å². The summed E-state index contributed by atoms with van der Waals surface area (Å²) in [6.07, 6.45) is 1.98. The van der Waals surface area contributed by atoms with Gasteiger partial charge in [0.1, 0.15) is 29.9 Å². The van der Waals surface area contributed by atoms with Crippen LogP contribution in [0.3, 0.4) is 0 Å². The van der Waals surface area contributed by atoms with E-state index in [1.807, 2.05) is 41.5 Å². The lowest BCUT2D eigenvalue weighted by Gasteiger charge is -2.31. The molecule has 246 valence electrons. The molecule has 1 aromatic rings. The number of nitrogens with one attached hydrogen (secondary N) is 3. The highest BCUT2D eigenvalue weighted by Crippen LogP contribution is 2.21. The molecular formula is C32H51N5O7. The maximum atomic E-state index is 13.9. The monoisotopic (exact) mass is 617 g/mol. The highest BCUT2D eigenvalue weighted by atomic mass is 16.4. The average molecular weight is 618 g/mol. The number of carboxylic acid groups (broad SMARTS) is 1. The van der Waals surface area contributed by atoms with E-state index in [0.29, 0.717) is 24.8 Å².